The van der Waals surface area contributed by atoms with Gasteiger partial charge in [-0.2, -0.15) is 4.98 Å². The molecule has 0 unspecified atom stereocenters. The molecule has 29 heavy (non-hydrogen) atoms. The zero-order valence-corrected chi connectivity index (χ0v) is 16.3. The Labute approximate surface area is 172 Å². The van der Waals surface area contributed by atoms with Crippen LogP contribution in [0, 0.1) is 0 Å². The van der Waals surface area contributed by atoms with Gasteiger partial charge >= 0.3 is 0 Å². The molecule has 3 aromatic rings. The molecule has 1 aliphatic heterocycles. The van der Waals surface area contributed by atoms with Gasteiger partial charge in [0.1, 0.15) is 11.4 Å². The number of nitrogens with zero attached hydrogens (tertiary/aromatic N) is 4. The first-order valence-electron chi connectivity index (χ1n) is 9.22. The molecule has 0 aliphatic carbocycles. The van der Waals surface area contributed by atoms with E-state index in [1.807, 2.05) is 12.1 Å². The van der Waals surface area contributed by atoms with Crippen LogP contribution in [0.3, 0.4) is 0 Å². The molecule has 1 aromatic carbocycles. The number of carbonyl (C=O) groups is 1. The van der Waals surface area contributed by atoms with Crippen molar-refractivity contribution in [2.75, 3.05) is 26.3 Å². The van der Waals surface area contributed by atoms with Crippen molar-refractivity contribution in [3.63, 3.8) is 0 Å². The van der Waals surface area contributed by atoms with Gasteiger partial charge in [-0.25, -0.2) is 0 Å². The van der Waals surface area contributed by atoms with Gasteiger partial charge in [0, 0.05) is 17.8 Å². The highest BCUT2D eigenvalue weighted by molar-refractivity contribution is 6.30. The normalized spacial score (nSPS) is 16.6. The zero-order valence-electron chi connectivity index (χ0n) is 15.5. The highest BCUT2D eigenvalue weighted by Crippen LogP contribution is 2.23. The van der Waals surface area contributed by atoms with Crippen molar-refractivity contribution in [3.8, 4) is 17.3 Å². The van der Waals surface area contributed by atoms with E-state index in [1.54, 1.807) is 41.4 Å². The number of pyridine rings is 1. The van der Waals surface area contributed by atoms with Crippen molar-refractivity contribution >= 4 is 17.5 Å². The number of aromatic nitrogens is 3. The average Bonchev–Trinajstić information content (AvgIpc) is 3.26. The fourth-order valence-corrected chi connectivity index (χ4v) is 3.06. The molecular weight excluding hydrogens is 396 g/mol. The van der Waals surface area contributed by atoms with E-state index >= 15 is 0 Å². The molecule has 2 aromatic heterocycles. The Morgan fingerprint density at radius 3 is 2.90 bits per heavy atom. The lowest BCUT2D eigenvalue weighted by Crippen LogP contribution is -2.42. The summed E-state index contributed by atoms with van der Waals surface area (Å²) in [6.45, 7) is 1.55. The second-order valence-corrected chi connectivity index (χ2v) is 6.86. The first-order chi connectivity index (χ1) is 14.2. The molecule has 0 N–H and O–H groups in total. The van der Waals surface area contributed by atoms with Crippen LogP contribution in [0.4, 0.5) is 0 Å². The molecule has 1 fully saturated rings. The summed E-state index contributed by atoms with van der Waals surface area (Å²) in [6.07, 6.45) is 1.46. The van der Waals surface area contributed by atoms with Crippen LogP contribution in [0.1, 0.15) is 18.4 Å². The number of benzene rings is 1. The summed E-state index contributed by atoms with van der Waals surface area (Å²) in [5.41, 5.74) is 0.616. The van der Waals surface area contributed by atoms with Crippen LogP contribution in [0.5, 0.6) is 5.75 Å². The van der Waals surface area contributed by atoms with Crippen molar-refractivity contribution in [1.82, 2.24) is 20.0 Å². The lowest BCUT2D eigenvalue weighted by Gasteiger charge is -2.31. The van der Waals surface area contributed by atoms with E-state index in [0.29, 0.717) is 47.9 Å². The lowest BCUT2D eigenvalue weighted by atomic mass is 10.2. The molecule has 0 spiro atoms. The van der Waals surface area contributed by atoms with E-state index in [0.717, 1.165) is 0 Å². The van der Waals surface area contributed by atoms with Gasteiger partial charge in [-0.3, -0.25) is 9.78 Å². The number of rotatable bonds is 6. The molecule has 0 saturated carbocycles. The van der Waals surface area contributed by atoms with Crippen LogP contribution < -0.4 is 4.74 Å². The number of halogens is 1. The number of amides is 1. The third-order valence-corrected chi connectivity index (χ3v) is 4.68. The van der Waals surface area contributed by atoms with Crippen LogP contribution >= 0.6 is 11.6 Å². The first-order valence-corrected chi connectivity index (χ1v) is 9.59. The van der Waals surface area contributed by atoms with Crippen LogP contribution in [0.15, 0.2) is 53.2 Å². The Hall–Kier alpha value is -2.97. The van der Waals surface area contributed by atoms with Crippen molar-refractivity contribution in [1.29, 1.82) is 0 Å². The maximum Gasteiger partial charge on any atom is 0.257 e. The molecule has 1 amide bonds. The number of ether oxygens (including phenoxy) is 2. The summed E-state index contributed by atoms with van der Waals surface area (Å²) in [5.74, 6) is 1.39. The van der Waals surface area contributed by atoms with Gasteiger partial charge < -0.3 is 18.9 Å². The summed E-state index contributed by atoms with van der Waals surface area (Å²) in [7, 11) is 0. The lowest BCUT2D eigenvalue weighted by molar-refractivity contribution is -0.140. The molecule has 0 bridgehead atoms. The predicted octanol–water partition coefficient (Wildman–Crippen LogP) is 3.15. The standard InChI is InChI=1S/C20H19ClN4O4/c21-14-4-6-15(7-5-14)27-11-8-18(26)25-10-12-28-17(13-25)20-23-19(24-29-20)16-3-1-2-9-22-16/h1-7,9,17H,8,10-13H2/t17-/m0/s1. The van der Waals surface area contributed by atoms with Gasteiger partial charge in [0.05, 0.1) is 26.2 Å². The maximum absolute atomic E-state index is 12.5. The summed E-state index contributed by atoms with van der Waals surface area (Å²) >= 11 is 5.85. The minimum absolute atomic E-state index is 0.0169. The zero-order chi connectivity index (χ0) is 20.1. The third kappa shape index (κ3) is 4.90. The molecule has 150 valence electrons. The van der Waals surface area contributed by atoms with Crippen molar-refractivity contribution in [2.45, 2.75) is 12.5 Å². The van der Waals surface area contributed by atoms with E-state index in [2.05, 4.69) is 15.1 Å². The molecule has 1 atom stereocenters. The topological polar surface area (TPSA) is 90.6 Å². The number of hydrogen-bond donors (Lipinski definition) is 0. The summed E-state index contributed by atoms with van der Waals surface area (Å²) < 4.78 is 16.7. The van der Waals surface area contributed by atoms with Crippen LogP contribution in [-0.4, -0.2) is 52.2 Å². The number of morpholine rings is 1. The highest BCUT2D eigenvalue weighted by atomic mass is 35.5. The summed E-state index contributed by atoms with van der Waals surface area (Å²) in [4.78, 5) is 22.8. The van der Waals surface area contributed by atoms with Crippen LogP contribution in [0.2, 0.25) is 5.02 Å². The fourth-order valence-electron chi connectivity index (χ4n) is 2.94. The minimum Gasteiger partial charge on any atom is -0.493 e. The first kappa shape index (κ1) is 19.4. The molecule has 1 aliphatic rings. The highest BCUT2D eigenvalue weighted by Gasteiger charge is 2.29. The van der Waals surface area contributed by atoms with Gasteiger partial charge in [0.15, 0.2) is 6.10 Å². The van der Waals surface area contributed by atoms with Crippen LogP contribution in [0.25, 0.3) is 11.5 Å². The molecule has 9 heteroatoms. The Kier molecular flexibility index (Phi) is 6.02. The van der Waals surface area contributed by atoms with Crippen molar-refractivity contribution < 1.29 is 18.8 Å². The Balaban J connectivity index is 1.31. The van der Waals surface area contributed by atoms with Gasteiger partial charge in [-0.15, -0.1) is 0 Å². The average molecular weight is 415 g/mol. The second-order valence-electron chi connectivity index (χ2n) is 6.42. The van der Waals surface area contributed by atoms with Crippen molar-refractivity contribution in [2.24, 2.45) is 0 Å². The van der Waals surface area contributed by atoms with Crippen molar-refractivity contribution in [3.05, 3.63) is 59.6 Å². The molecule has 3 heterocycles. The third-order valence-electron chi connectivity index (χ3n) is 4.43. The number of carbonyl (C=O) groups excluding carboxylic acids is 1. The molecule has 0 radical (unpaired) electrons. The van der Waals surface area contributed by atoms with E-state index < -0.39 is 6.10 Å². The fraction of sp³-hybridized carbons (Fsp3) is 0.300. The quantitative estimate of drug-likeness (QED) is 0.611. The van der Waals surface area contributed by atoms with E-state index in [9.17, 15) is 4.79 Å². The minimum atomic E-state index is -0.463. The SMILES string of the molecule is O=C(CCOc1ccc(Cl)cc1)N1CCO[C@H](c2nc(-c3ccccn3)no2)C1. The Morgan fingerprint density at radius 2 is 2.10 bits per heavy atom. The van der Waals surface area contributed by atoms with E-state index in [1.165, 1.54) is 0 Å². The smallest absolute Gasteiger partial charge is 0.257 e. The van der Waals surface area contributed by atoms with Crippen LogP contribution in [-0.2, 0) is 9.53 Å². The Bertz CT molecular complexity index is 949. The molecule has 8 nitrogen and oxygen atoms in total. The van der Waals surface area contributed by atoms with Gasteiger partial charge in [-0.05, 0) is 36.4 Å². The monoisotopic (exact) mass is 414 g/mol. The molecule has 4 rings (SSSR count). The number of hydrogen-bond acceptors (Lipinski definition) is 7. The van der Waals surface area contributed by atoms with Gasteiger partial charge in [0.25, 0.3) is 5.89 Å². The summed E-state index contributed by atoms with van der Waals surface area (Å²) in [6, 6.07) is 12.5. The largest absolute Gasteiger partial charge is 0.493 e. The van der Waals surface area contributed by atoms with E-state index in [4.69, 9.17) is 25.6 Å². The van der Waals surface area contributed by atoms with Gasteiger partial charge in [-0.1, -0.05) is 22.8 Å². The summed E-state index contributed by atoms with van der Waals surface area (Å²) in [5, 5.41) is 4.60. The maximum atomic E-state index is 12.5. The second kappa shape index (κ2) is 9.02. The predicted molar refractivity (Wildman–Crippen MR) is 104 cm³/mol. The van der Waals surface area contributed by atoms with Gasteiger partial charge in [0.2, 0.25) is 11.7 Å². The molecular formula is C20H19ClN4O4. The Morgan fingerprint density at radius 1 is 1.24 bits per heavy atom. The molecule has 1 saturated heterocycles. The van der Waals surface area contributed by atoms with E-state index in [-0.39, 0.29) is 18.9 Å².